The van der Waals surface area contributed by atoms with Crippen molar-refractivity contribution in [3.63, 3.8) is 0 Å². The normalized spacial score (nSPS) is 26.1. The molecule has 0 radical (unpaired) electrons. The first-order chi connectivity index (χ1) is 12.3. The van der Waals surface area contributed by atoms with Crippen LogP contribution in [0.1, 0.15) is 103 Å². The van der Waals surface area contributed by atoms with Crippen molar-refractivity contribution in [1.29, 1.82) is 0 Å². The number of ether oxygens (including phenoxy) is 2. The fourth-order valence-electron chi connectivity index (χ4n) is 3.99. The van der Waals surface area contributed by atoms with Crippen molar-refractivity contribution >= 4 is 5.97 Å². The van der Waals surface area contributed by atoms with Crippen molar-refractivity contribution < 1.29 is 14.3 Å². The summed E-state index contributed by atoms with van der Waals surface area (Å²) >= 11 is 0. The number of fused-ring (bicyclic) bond motifs is 2. The molecule has 3 nitrogen and oxygen atoms in total. The van der Waals surface area contributed by atoms with Gasteiger partial charge >= 0.3 is 5.97 Å². The topological polar surface area (TPSA) is 35.5 Å². The van der Waals surface area contributed by atoms with Gasteiger partial charge in [0.2, 0.25) is 0 Å². The zero-order valence-electron chi connectivity index (χ0n) is 16.2. The molecular formula is C22H38O3. The van der Waals surface area contributed by atoms with Crippen LogP contribution in [0.5, 0.6) is 0 Å². The van der Waals surface area contributed by atoms with Crippen LogP contribution >= 0.6 is 0 Å². The molecule has 0 amide bonds. The third-order valence-electron chi connectivity index (χ3n) is 5.42. The molecule has 2 bridgehead atoms. The SMILES string of the molecule is CCCCCC/C=C\CCCCCCC[C@@H]1C[C@H]2C[C@H](CC(=O)O2)O1. The predicted molar refractivity (Wildman–Crippen MR) is 103 cm³/mol. The largest absolute Gasteiger partial charge is 0.462 e. The molecule has 0 aromatic carbocycles. The van der Waals surface area contributed by atoms with E-state index in [1.54, 1.807) is 0 Å². The average Bonchev–Trinajstić information content (AvgIpc) is 2.58. The summed E-state index contributed by atoms with van der Waals surface area (Å²) in [5, 5.41) is 0. The zero-order chi connectivity index (χ0) is 17.7. The highest BCUT2D eigenvalue weighted by Crippen LogP contribution is 2.31. The number of hydrogen-bond donors (Lipinski definition) is 0. The van der Waals surface area contributed by atoms with Crippen LogP contribution < -0.4 is 0 Å². The van der Waals surface area contributed by atoms with Gasteiger partial charge in [-0.25, -0.2) is 0 Å². The van der Waals surface area contributed by atoms with Crippen molar-refractivity contribution in [3.8, 4) is 0 Å². The Morgan fingerprint density at radius 1 is 0.880 bits per heavy atom. The molecule has 0 unspecified atom stereocenters. The highest BCUT2D eigenvalue weighted by molar-refractivity contribution is 5.71. The van der Waals surface area contributed by atoms with Gasteiger partial charge in [0.15, 0.2) is 0 Å². The summed E-state index contributed by atoms with van der Waals surface area (Å²) in [6, 6.07) is 0. The van der Waals surface area contributed by atoms with E-state index in [-0.39, 0.29) is 18.2 Å². The minimum atomic E-state index is -0.0743. The lowest BCUT2D eigenvalue weighted by molar-refractivity contribution is -0.184. The minimum Gasteiger partial charge on any atom is -0.462 e. The molecule has 2 aliphatic rings. The van der Waals surface area contributed by atoms with Gasteiger partial charge < -0.3 is 9.47 Å². The Labute approximate surface area is 154 Å². The molecule has 2 aliphatic heterocycles. The lowest BCUT2D eigenvalue weighted by atomic mass is 9.93. The Morgan fingerprint density at radius 2 is 1.56 bits per heavy atom. The summed E-state index contributed by atoms with van der Waals surface area (Å²) in [5.74, 6) is -0.0743. The molecule has 0 aromatic rings. The fourth-order valence-corrected chi connectivity index (χ4v) is 3.99. The maximum atomic E-state index is 11.4. The summed E-state index contributed by atoms with van der Waals surface area (Å²) in [6.07, 6.45) is 23.2. The molecule has 2 heterocycles. The lowest BCUT2D eigenvalue weighted by Gasteiger charge is -2.38. The van der Waals surface area contributed by atoms with Crippen LogP contribution in [0.3, 0.4) is 0 Å². The van der Waals surface area contributed by atoms with E-state index in [1.165, 1.54) is 70.6 Å². The van der Waals surface area contributed by atoms with Crippen LogP contribution in [0.4, 0.5) is 0 Å². The van der Waals surface area contributed by atoms with E-state index < -0.39 is 0 Å². The van der Waals surface area contributed by atoms with Crippen molar-refractivity contribution in [2.45, 2.75) is 122 Å². The summed E-state index contributed by atoms with van der Waals surface area (Å²) < 4.78 is 11.4. The summed E-state index contributed by atoms with van der Waals surface area (Å²) in [7, 11) is 0. The number of hydrogen-bond acceptors (Lipinski definition) is 3. The van der Waals surface area contributed by atoms with E-state index in [1.807, 2.05) is 0 Å². The predicted octanol–water partition coefficient (Wildman–Crippen LogP) is 6.11. The molecule has 0 saturated carbocycles. The van der Waals surface area contributed by atoms with Crippen LogP contribution in [0, 0.1) is 0 Å². The molecular weight excluding hydrogens is 312 g/mol. The first-order valence-electron chi connectivity index (χ1n) is 10.8. The van der Waals surface area contributed by atoms with Crippen molar-refractivity contribution in [2.24, 2.45) is 0 Å². The Morgan fingerprint density at radius 3 is 2.28 bits per heavy atom. The van der Waals surface area contributed by atoms with Gasteiger partial charge in [0, 0.05) is 12.8 Å². The first-order valence-corrected chi connectivity index (χ1v) is 10.8. The number of carbonyl (C=O) groups is 1. The van der Waals surface area contributed by atoms with Gasteiger partial charge in [-0.05, 0) is 32.1 Å². The van der Waals surface area contributed by atoms with Gasteiger partial charge in [0.1, 0.15) is 6.10 Å². The monoisotopic (exact) mass is 350 g/mol. The molecule has 3 atom stereocenters. The number of carbonyl (C=O) groups excluding carboxylic acids is 1. The molecule has 2 rings (SSSR count). The fraction of sp³-hybridized carbons (Fsp3) is 0.864. The van der Waals surface area contributed by atoms with Crippen LogP contribution in [-0.4, -0.2) is 24.3 Å². The second-order valence-electron chi connectivity index (χ2n) is 7.83. The highest BCUT2D eigenvalue weighted by Gasteiger charge is 2.36. The summed E-state index contributed by atoms with van der Waals surface area (Å²) in [5.41, 5.74) is 0. The van der Waals surface area contributed by atoms with Crippen LogP contribution in [0.2, 0.25) is 0 Å². The lowest BCUT2D eigenvalue weighted by Crippen LogP contribution is -2.43. The Balaban J connectivity index is 1.38. The minimum absolute atomic E-state index is 0.0743. The Bertz CT molecular complexity index is 375. The van der Waals surface area contributed by atoms with Gasteiger partial charge in [0.05, 0.1) is 18.6 Å². The maximum absolute atomic E-state index is 11.4. The quantitative estimate of drug-likeness (QED) is 0.228. The number of unbranched alkanes of at least 4 members (excludes halogenated alkanes) is 9. The summed E-state index contributed by atoms with van der Waals surface area (Å²) in [4.78, 5) is 11.4. The molecule has 144 valence electrons. The molecule has 2 saturated heterocycles. The Hall–Kier alpha value is -0.830. The van der Waals surface area contributed by atoms with Gasteiger partial charge in [-0.2, -0.15) is 0 Å². The van der Waals surface area contributed by atoms with E-state index in [9.17, 15) is 4.79 Å². The van der Waals surface area contributed by atoms with Gasteiger partial charge in [-0.3, -0.25) is 4.79 Å². The van der Waals surface area contributed by atoms with Gasteiger partial charge in [-0.15, -0.1) is 0 Å². The average molecular weight is 351 g/mol. The third kappa shape index (κ3) is 8.89. The van der Waals surface area contributed by atoms with E-state index in [0.29, 0.717) is 12.5 Å². The molecule has 0 spiro atoms. The Kier molecular flexibility index (Phi) is 10.3. The van der Waals surface area contributed by atoms with E-state index >= 15 is 0 Å². The molecule has 25 heavy (non-hydrogen) atoms. The zero-order valence-corrected chi connectivity index (χ0v) is 16.2. The van der Waals surface area contributed by atoms with E-state index in [0.717, 1.165) is 19.3 Å². The second-order valence-corrected chi connectivity index (χ2v) is 7.83. The van der Waals surface area contributed by atoms with Crippen molar-refractivity contribution in [3.05, 3.63) is 12.2 Å². The molecule has 3 heteroatoms. The second kappa shape index (κ2) is 12.5. The van der Waals surface area contributed by atoms with Crippen LogP contribution in [-0.2, 0) is 14.3 Å². The molecule has 0 aliphatic carbocycles. The first kappa shape index (κ1) is 20.5. The summed E-state index contributed by atoms with van der Waals surface area (Å²) in [6.45, 7) is 2.26. The number of esters is 1. The molecule has 0 N–H and O–H groups in total. The standard InChI is InChI=1S/C22H38O3/c1-2-3-4-5-6-7-8-9-10-11-12-13-14-15-19-16-20-17-21(24-19)18-22(23)25-20/h7-8,19-21H,2-6,9-18H2,1H3/b8-7-/t19-,20+,21-/m1/s1. The number of allylic oxidation sites excluding steroid dienone is 2. The third-order valence-corrected chi connectivity index (χ3v) is 5.42. The van der Waals surface area contributed by atoms with E-state index in [2.05, 4.69) is 19.1 Å². The smallest absolute Gasteiger partial charge is 0.308 e. The van der Waals surface area contributed by atoms with Crippen molar-refractivity contribution in [1.82, 2.24) is 0 Å². The van der Waals surface area contributed by atoms with Crippen LogP contribution in [0.25, 0.3) is 0 Å². The molecule has 2 fully saturated rings. The van der Waals surface area contributed by atoms with Crippen molar-refractivity contribution in [2.75, 3.05) is 0 Å². The number of rotatable bonds is 13. The van der Waals surface area contributed by atoms with Gasteiger partial charge in [0.25, 0.3) is 0 Å². The highest BCUT2D eigenvalue weighted by atomic mass is 16.6. The van der Waals surface area contributed by atoms with Gasteiger partial charge in [-0.1, -0.05) is 64.0 Å². The maximum Gasteiger partial charge on any atom is 0.308 e. The molecule has 0 aromatic heterocycles. The van der Waals surface area contributed by atoms with Crippen LogP contribution in [0.15, 0.2) is 12.2 Å². The van der Waals surface area contributed by atoms with E-state index in [4.69, 9.17) is 9.47 Å².